The van der Waals surface area contributed by atoms with E-state index in [1.165, 1.54) is 11.0 Å². The second-order valence-corrected chi connectivity index (χ2v) is 7.33. The summed E-state index contributed by atoms with van der Waals surface area (Å²) < 4.78 is 38.1. The molecular formula is C14H21FN2O3S. The van der Waals surface area contributed by atoms with E-state index in [1.54, 1.807) is 39.1 Å². The standard InChI is InChI=1S/C14H21FN2O3S/c1-14(2,11-7-5-6-8-12(11)15)13(18)17(3)10-9-16-21(4,19)20/h5-8,16H,9-10H2,1-4H3. The van der Waals surface area contributed by atoms with E-state index in [0.717, 1.165) is 6.26 Å². The molecule has 1 rings (SSSR count). The van der Waals surface area contributed by atoms with Crippen LogP contribution < -0.4 is 4.72 Å². The molecular weight excluding hydrogens is 295 g/mol. The van der Waals surface area contributed by atoms with Gasteiger partial charge in [0.05, 0.1) is 11.7 Å². The zero-order valence-electron chi connectivity index (χ0n) is 12.7. The zero-order valence-corrected chi connectivity index (χ0v) is 13.5. The molecule has 1 aromatic carbocycles. The summed E-state index contributed by atoms with van der Waals surface area (Å²) in [5.41, 5.74) is -0.705. The lowest BCUT2D eigenvalue weighted by molar-refractivity contribution is -0.134. The van der Waals surface area contributed by atoms with E-state index in [9.17, 15) is 17.6 Å². The minimum atomic E-state index is -3.29. The van der Waals surface area contributed by atoms with Crippen LogP contribution in [0, 0.1) is 5.82 Å². The van der Waals surface area contributed by atoms with Crippen LogP contribution >= 0.6 is 0 Å². The van der Waals surface area contributed by atoms with Crippen LogP contribution in [-0.4, -0.2) is 45.6 Å². The summed E-state index contributed by atoms with van der Waals surface area (Å²) in [6.45, 7) is 3.63. The summed E-state index contributed by atoms with van der Waals surface area (Å²) in [6, 6.07) is 6.14. The molecule has 0 bridgehead atoms. The summed E-state index contributed by atoms with van der Waals surface area (Å²) >= 11 is 0. The minimum Gasteiger partial charge on any atom is -0.344 e. The molecule has 0 fully saturated rings. The number of hydrogen-bond acceptors (Lipinski definition) is 3. The first-order chi connectivity index (χ1) is 9.55. The Morgan fingerprint density at radius 1 is 1.33 bits per heavy atom. The fraction of sp³-hybridized carbons (Fsp3) is 0.500. The van der Waals surface area contributed by atoms with Gasteiger partial charge >= 0.3 is 0 Å². The van der Waals surface area contributed by atoms with Crippen LogP contribution in [0.5, 0.6) is 0 Å². The third-order valence-corrected chi connectivity index (χ3v) is 3.97. The molecule has 0 aliphatic carbocycles. The van der Waals surface area contributed by atoms with Crippen LogP contribution in [0.3, 0.4) is 0 Å². The first-order valence-corrected chi connectivity index (χ1v) is 8.40. The molecule has 0 unspecified atom stereocenters. The van der Waals surface area contributed by atoms with Crippen LogP contribution in [0.4, 0.5) is 4.39 Å². The van der Waals surface area contributed by atoms with Crippen molar-refractivity contribution in [3.05, 3.63) is 35.6 Å². The number of halogens is 1. The molecule has 0 aliphatic heterocycles. The molecule has 0 aromatic heterocycles. The summed E-state index contributed by atoms with van der Waals surface area (Å²) in [6.07, 6.45) is 1.05. The van der Waals surface area contributed by atoms with Crippen LogP contribution in [-0.2, 0) is 20.2 Å². The molecule has 1 N–H and O–H groups in total. The fourth-order valence-corrected chi connectivity index (χ4v) is 2.52. The number of nitrogens with zero attached hydrogens (tertiary/aromatic N) is 1. The van der Waals surface area contributed by atoms with Crippen molar-refractivity contribution in [2.45, 2.75) is 19.3 Å². The number of nitrogens with one attached hydrogen (secondary N) is 1. The van der Waals surface area contributed by atoms with Crippen LogP contribution in [0.2, 0.25) is 0 Å². The third-order valence-electron chi connectivity index (χ3n) is 3.24. The molecule has 0 saturated heterocycles. The molecule has 0 heterocycles. The summed E-state index contributed by atoms with van der Waals surface area (Å²) in [5.74, 6) is -0.707. The van der Waals surface area contributed by atoms with Crippen molar-refractivity contribution in [3.8, 4) is 0 Å². The second kappa shape index (κ2) is 6.53. The first kappa shape index (κ1) is 17.6. The van der Waals surface area contributed by atoms with Gasteiger partial charge in [-0.25, -0.2) is 17.5 Å². The number of benzene rings is 1. The molecule has 1 amide bonds. The normalized spacial score (nSPS) is 12.2. The van der Waals surface area contributed by atoms with E-state index in [1.807, 2.05) is 0 Å². The van der Waals surface area contributed by atoms with Gasteiger partial charge in [0.25, 0.3) is 0 Å². The highest BCUT2D eigenvalue weighted by Gasteiger charge is 2.34. The Hall–Kier alpha value is -1.47. The fourth-order valence-electron chi connectivity index (χ4n) is 2.06. The van der Waals surface area contributed by atoms with Gasteiger partial charge in [0, 0.05) is 25.7 Å². The second-order valence-electron chi connectivity index (χ2n) is 5.50. The smallest absolute Gasteiger partial charge is 0.232 e. The number of carbonyl (C=O) groups is 1. The average Bonchev–Trinajstić information content (AvgIpc) is 2.36. The number of hydrogen-bond donors (Lipinski definition) is 1. The van der Waals surface area contributed by atoms with Crippen molar-refractivity contribution in [3.63, 3.8) is 0 Å². The molecule has 0 atom stereocenters. The lowest BCUT2D eigenvalue weighted by Crippen LogP contribution is -2.44. The Kier molecular flexibility index (Phi) is 5.47. The maximum Gasteiger partial charge on any atom is 0.232 e. The van der Waals surface area contributed by atoms with E-state index in [4.69, 9.17) is 0 Å². The Labute approximate surface area is 125 Å². The van der Waals surface area contributed by atoms with Gasteiger partial charge in [-0.3, -0.25) is 4.79 Å². The highest BCUT2D eigenvalue weighted by atomic mass is 32.2. The average molecular weight is 316 g/mol. The van der Waals surface area contributed by atoms with E-state index < -0.39 is 21.3 Å². The molecule has 1 aromatic rings. The van der Waals surface area contributed by atoms with E-state index in [0.29, 0.717) is 5.56 Å². The lowest BCUT2D eigenvalue weighted by Gasteiger charge is -2.30. The van der Waals surface area contributed by atoms with Gasteiger partial charge in [-0.05, 0) is 19.9 Å². The molecule has 21 heavy (non-hydrogen) atoms. The van der Waals surface area contributed by atoms with Gasteiger partial charge < -0.3 is 4.90 Å². The van der Waals surface area contributed by atoms with Gasteiger partial charge in [0.2, 0.25) is 15.9 Å². The minimum absolute atomic E-state index is 0.119. The highest BCUT2D eigenvalue weighted by Crippen LogP contribution is 2.27. The van der Waals surface area contributed by atoms with E-state index in [-0.39, 0.29) is 19.0 Å². The van der Waals surface area contributed by atoms with Crippen molar-refractivity contribution in [1.82, 2.24) is 9.62 Å². The molecule has 0 saturated carbocycles. The summed E-state index contributed by atoms with van der Waals surface area (Å²) in [7, 11) is -1.72. The van der Waals surface area contributed by atoms with Crippen LogP contribution in [0.1, 0.15) is 19.4 Å². The van der Waals surface area contributed by atoms with Crippen molar-refractivity contribution in [2.75, 3.05) is 26.4 Å². The Balaban J connectivity index is 2.79. The van der Waals surface area contributed by atoms with Gasteiger partial charge in [-0.1, -0.05) is 18.2 Å². The molecule has 118 valence electrons. The number of carbonyl (C=O) groups excluding carboxylic acids is 1. The molecule has 0 radical (unpaired) electrons. The van der Waals surface area contributed by atoms with Crippen molar-refractivity contribution in [1.29, 1.82) is 0 Å². The Bertz CT molecular complexity index is 614. The first-order valence-electron chi connectivity index (χ1n) is 6.51. The number of rotatable bonds is 6. The van der Waals surface area contributed by atoms with Gasteiger partial charge in [-0.15, -0.1) is 0 Å². The predicted molar refractivity (Wildman–Crippen MR) is 79.9 cm³/mol. The maximum atomic E-state index is 13.9. The molecule has 0 aliphatic rings. The quantitative estimate of drug-likeness (QED) is 0.855. The van der Waals surface area contributed by atoms with E-state index >= 15 is 0 Å². The van der Waals surface area contributed by atoms with Gasteiger partial charge in [0.15, 0.2) is 0 Å². The summed E-state index contributed by atoms with van der Waals surface area (Å²) in [4.78, 5) is 13.8. The molecule has 0 spiro atoms. The molecule has 5 nitrogen and oxygen atoms in total. The van der Waals surface area contributed by atoms with Crippen molar-refractivity contribution in [2.24, 2.45) is 0 Å². The Morgan fingerprint density at radius 2 is 1.90 bits per heavy atom. The van der Waals surface area contributed by atoms with Crippen molar-refractivity contribution < 1.29 is 17.6 Å². The number of amides is 1. The SMILES string of the molecule is CN(CCNS(C)(=O)=O)C(=O)C(C)(C)c1ccccc1F. The number of sulfonamides is 1. The van der Waals surface area contributed by atoms with E-state index in [2.05, 4.69) is 4.72 Å². The number of likely N-dealkylation sites (N-methyl/N-ethyl adjacent to an activating group) is 1. The third kappa shape index (κ3) is 4.78. The lowest BCUT2D eigenvalue weighted by atomic mass is 9.83. The zero-order chi connectivity index (χ0) is 16.3. The molecule has 7 heteroatoms. The van der Waals surface area contributed by atoms with Crippen LogP contribution in [0.25, 0.3) is 0 Å². The van der Waals surface area contributed by atoms with Crippen LogP contribution in [0.15, 0.2) is 24.3 Å². The largest absolute Gasteiger partial charge is 0.344 e. The van der Waals surface area contributed by atoms with Gasteiger partial charge in [-0.2, -0.15) is 0 Å². The summed E-state index contributed by atoms with van der Waals surface area (Å²) in [5, 5.41) is 0. The maximum absolute atomic E-state index is 13.9. The highest BCUT2D eigenvalue weighted by molar-refractivity contribution is 7.88. The topological polar surface area (TPSA) is 66.5 Å². The van der Waals surface area contributed by atoms with Crippen molar-refractivity contribution >= 4 is 15.9 Å². The monoisotopic (exact) mass is 316 g/mol. The predicted octanol–water partition coefficient (Wildman–Crippen LogP) is 1.11. The van der Waals surface area contributed by atoms with Gasteiger partial charge in [0.1, 0.15) is 5.82 Å². The Morgan fingerprint density at radius 3 is 2.43 bits per heavy atom.